The molecule has 0 bridgehead atoms. The Morgan fingerprint density at radius 3 is 2.23 bits per heavy atom. The van der Waals surface area contributed by atoms with E-state index < -0.39 is 0 Å². The standard InChI is InChI=1S/C24H32N2O4/c1-24(2,3)19-12-10-18(11-13-19)23(28)25-15-14-22(27)26(4)16-17-30-21-9-7-6-8-20(21)29-5/h6-13H,14-17H2,1-5H3,(H,25,28). The molecule has 2 aromatic carbocycles. The Kier molecular flexibility index (Phi) is 8.27. The summed E-state index contributed by atoms with van der Waals surface area (Å²) in [5.74, 6) is 1.07. The zero-order valence-electron chi connectivity index (χ0n) is 18.5. The minimum absolute atomic E-state index is 0.0430. The smallest absolute Gasteiger partial charge is 0.251 e. The largest absolute Gasteiger partial charge is 0.493 e. The van der Waals surface area contributed by atoms with Crippen LogP contribution in [0.1, 0.15) is 43.1 Å². The van der Waals surface area contributed by atoms with Gasteiger partial charge < -0.3 is 19.7 Å². The molecule has 0 fully saturated rings. The molecule has 0 aromatic heterocycles. The van der Waals surface area contributed by atoms with Gasteiger partial charge in [0.1, 0.15) is 6.61 Å². The number of likely N-dealkylation sites (N-methyl/N-ethyl adjacent to an activating group) is 1. The summed E-state index contributed by atoms with van der Waals surface area (Å²) in [5.41, 5.74) is 1.81. The van der Waals surface area contributed by atoms with Crippen molar-refractivity contribution in [3.8, 4) is 11.5 Å². The molecule has 2 aromatic rings. The summed E-state index contributed by atoms with van der Waals surface area (Å²) in [6, 6.07) is 15.0. The molecule has 162 valence electrons. The molecule has 0 aliphatic rings. The molecule has 0 heterocycles. The van der Waals surface area contributed by atoms with Crippen LogP contribution >= 0.6 is 0 Å². The highest BCUT2D eigenvalue weighted by atomic mass is 16.5. The van der Waals surface area contributed by atoms with Crippen LogP contribution in [0.3, 0.4) is 0 Å². The van der Waals surface area contributed by atoms with Gasteiger partial charge in [-0.1, -0.05) is 45.0 Å². The molecule has 0 aliphatic heterocycles. The highest BCUT2D eigenvalue weighted by Gasteiger charge is 2.15. The maximum atomic E-state index is 12.3. The van der Waals surface area contributed by atoms with Crippen molar-refractivity contribution in [3.05, 3.63) is 59.7 Å². The fraction of sp³-hybridized carbons (Fsp3) is 0.417. The van der Waals surface area contributed by atoms with Crippen LogP contribution in [0.25, 0.3) is 0 Å². The van der Waals surface area contributed by atoms with Crippen molar-refractivity contribution in [2.45, 2.75) is 32.6 Å². The van der Waals surface area contributed by atoms with Crippen molar-refractivity contribution >= 4 is 11.8 Å². The summed E-state index contributed by atoms with van der Waals surface area (Å²) in [6.45, 7) is 7.48. The molecule has 0 spiro atoms. The number of hydrogen-bond acceptors (Lipinski definition) is 4. The summed E-state index contributed by atoms with van der Waals surface area (Å²) in [7, 11) is 3.31. The second kappa shape index (κ2) is 10.7. The Labute approximate surface area is 179 Å². The van der Waals surface area contributed by atoms with Crippen molar-refractivity contribution in [1.29, 1.82) is 0 Å². The van der Waals surface area contributed by atoms with E-state index in [4.69, 9.17) is 9.47 Å². The molecule has 6 heteroatoms. The van der Waals surface area contributed by atoms with Gasteiger partial charge in [0, 0.05) is 25.6 Å². The van der Waals surface area contributed by atoms with Gasteiger partial charge in [-0.2, -0.15) is 0 Å². The van der Waals surface area contributed by atoms with Crippen LogP contribution in [-0.2, 0) is 10.2 Å². The van der Waals surface area contributed by atoms with Crippen molar-refractivity contribution in [2.75, 3.05) is 33.9 Å². The van der Waals surface area contributed by atoms with E-state index >= 15 is 0 Å². The Morgan fingerprint density at radius 1 is 1.00 bits per heavy atom. The van der Waals surface area contributed by atoms with E-state index in [1.54, 1.807) is 19.1 Å². The first-order valence-electron chi connectivity index (χ1n) is 10.1. The number of rotatable bonds is 9. The van der Waals surface area contributed by atoms with E-state index in [-0.39, 0.29) is 30.2 Å². The quantitative estimate of drug-likeness (QED) is 0.683. The number of methoxy groups -OCH3 is 1. The van der Waals surface area contributed by atoms with Crippen LogP contribution in [0.15, 0.2) is 48.5 Å². The highest BCUT2D eigenvalue weighted by Crippen LogP contribution is 2.25. The molecule has 0 radical (unpaired) electrons. The molecule has 0 saturated carbocycles. The van der Waals surface area contributed by atoms with E-state index in [9.17, 15) is 9.59 Å². The van der Waals surface area contributed by atoms with Crippen molar-refractivity contribution in [2.24, 2.45) is 0 Å². The van der Waals surface area contributed by atoms with Gasteiger partial charge in [0.2, 0.25) is 5.91 Å². The SMILES string of the molecule is COc1ccccc1OCCN(C)C(=O)CCNC(=O)c1ccc(C(C)(C)C)cc1. The zero-order chi connectivity index (χ0) is 22.1. The molecule has 2 rings (SSSR count). The van der Waals surface area contributed by atoms with E-state index in [1.165, 1.54) is 5.56 Å². The molecule has 2 amide bonds. The van der Waals surface area contributed by atoms with Gasteiger partial charge in [-0.25, -0.2) is 0 Å². The predicted molar refractivity (Wildman–Crippen MR) is 118 cm³/mol. The van der Waals surface area contributed by atoms with Gasteiger partial charge in [0.15, 0.2) is 11.5 Å². The first-order chi connectivity index (χ1) is 14.2. The summed E-state index contributed by atoms with van der Waals surface area (Å²) in [5, 5.41) is 2.81. The zero-order valence-corrected chi connectivity index (χ0v) is 18.5. The number of nitrogens with one attached hydrogen (secondary N) is 1. The van der Waals surface area contributed by atoms with Gasteiger partial charge >= 0.3 is 0 Å². The molecule has 6 nitrogen and oxygen atoms in total. The van der Waals surface area contributed by atoms with Gasteiger partial charge in [-0.15, -0.1) is 0 Å². The number of amides is 2. The van der Waals surface area contributed by atoms with E-state index in [2.05, 4.69) is 26.1 Å². The highest BCUT2D eigenvalue weighted by molar-refractivity contribution is 5.94. The van der Waals surface area contributed by atoms with Gasteiger partial charge in [0.25, 0.3) is 5.91 Å². The second-order valence-electron chi connectivity index (χ2n) is 8.15. The summed E-state index contributed by atoms with van der Waals surface area (Å²) >= 11 is 0. The minimum Gasteiger partial charge on any atom is -0.493 e. The fourth-order valence-corrected chi connectivity index (χ4v) is 2.85. The van der Waals surface area contributed by atoms with Crippen molar-refractivity contribution in [3.63, 3.8) is 0 Å². The molecular formula is C24H32N2O4. The Morgan fingerprint density at radius 2 is 1.63 bits per heavy atom. The third kappa shape index (κ3) is 6.79. The van der Waals surface area contributed by atoms with Crippen LogP contribution in [0, 0.1) is 0 Å². The number of para-hydroxylation sites is 2. The normalized spacial score (nSPS) is 11.0. The first kappa shape index (κ1) is 23.3. The third-order valence-corrected chi connectivity index (χ3v) is 4.82. The van der Waals surface area contributed by atoms with Crippen molar-refractivity contribution < 1.29 is 19.1 Å². The summed E-state index contributed by atoms with van der Waals surface area (Å²) in [6.07, 6.45) is 0.233. The Bertz CT molecular complexity index is 841. The number of benzene rings is 2. The van der Waals surface area contributed by atoms with Gasteiger partial charge in [-0.3, -0.25) is 9.59 Å². The topological polar surface area (TPSA) is 67.9 Å². The van der Waals surface area contributed by atoms with Crippen LogP contribution in [0.4, 0.5) is 0 Å². The molecule has 0 unspecified atom stereocenters. The average molecular weight is 413 g/mol. The van der Waals surface area contributed by atoms with E-state index in [0.717, 1.165) is 0 Å². The van der Waals surface area contributed by atoms with Crippen LogP contribution < -0.4 is 14.8 Å². The molecule has 30 heavy (non-hydrogen) atoms. The predicted octanol–water partition coefficient (Wildman–Crippen LogP) is 3.65. The van der Waals surface area contributed by atoms with E-state index in [0.29, 0.717) is 30.2 Å². The summed E-state index contributed by atoms with van der Waals surface area (Å²) < 4.78 is 10.9. The molecule has 0 saturated heterocycles. The number of carbonyl (C=O) groups is 2. The van der Waals surface area contributed by atoms with Gasteiger partial charge in [-0.05, 0) is 35.2 Å². The average Bonchev–Trinajstić information content (AvgIpc) is 2.73. The molecular weight excluding hydrogens is 380 g/mol. The van der Waals surface area contributed by atoms with E-state index in [1.807, 2.05) is 48.5 Å². The lowest BCUT2D eigenvalue weighted by Crippen LogP contribution is -2.34. The number of carbonyl (C=O) groups excluding carboxylic acids is 2. The van der Waals surface area contributed by atoms with Crippen LogP contribution in [0.5, 0.6) is 11.5 Å². The lowest BCUT2D eigenvalue weighted by Gasteiger charge is -2.19. The van der Waals surface area contributed by atoms with Crippen LogP contribution in [-0.4, -0.2) is 50.6 Å². The fourth-order valence-electron chi connectivity index (χ4n) is 2.85. The van der Waals surface area contributed by atoms with Crippen molar-refractivity contribution in [1.82, 2.24) is 10.2 Å². The Balaban J connectivity index is 1.72. The second-order valence-corrected chi connectivity index (χ2v) is 8.15. The molecule has 0 atom stereocenters. The van der Waals surface area contributed by atoms with Gasteiger partial charge in [0.05, 0.1) is 13.7 Å². The maximum absolute atomic E-state index is 12.3. The summed E-state index contributed by atoms with van der Waals surface area (Å²) in [4.78, 5) is 26.2. The third-order valence-electron chi connectivity index (χ3n) is 4.82. The molecule has 1 N–H and O–H groups in total. The number of ether oxygens (including phenoxy) is 2. The molecule has 0 aliphatic carbocycles. The number of hydrogen-bond donors (Lipinski definition) is 1. The minimum atomic E-state index is -0.176. The first-order valence-corrected chi connectivity index (χ1v) is 10.1. The number of nitrogens with zero attached hydrogens (tertiary/aromatic N) is 1. The monoisotopic (exact) mass is 412 g/mol. The maximum Gasteiger partial charge on any atom is 0.251 e. The Hall–Kier alpha value is -3.02. The van der Waals surface area contributed by atoms with Crippen LogP contribution in [0.2, 0.25) is 0 Å². The lowest BCUT2D eigenvalue weighted by molar-refractivity contribution is -0.130. The lowest BCUT2D eigenvalue weighted by atomic mass is 9.87.